The van der Waals surface area contributed by atoms with Gasteiger partial charge >= 0.3 is 5.97 Å². The molecule has 2 amide bonds. The van der Waals surface area contributed by atoms with Gasteiger partial charge in [0.05, 0.1) is 35.4 Å². The molecule has 6 aromatic rings. The Morgan fingerprint density at radius 2 is 1.08 bits per heavy atom. The van der Waals surface area contributed by atoms with Crippen molar-refractivity contribution in [1.82, 2.24) is 4.57 Å². The number of carbonyl (C=O) groups is 3. The van der Waals surface area contributed by atoms with Crippen molar-refractivity contribution >= 4 is 52.6 Å². The van der Waals surface area contributed by atoms with E-state index in [1.165, 1.54) is 16.9 Å². The van der Waals surface area contributed by atoms with Crippen LogP contribution in [0, 0.1) is 0 Å². The zero-order valence-electron chi connectivity index (χ0n) is 26.4. The van der Waals surface area contributed by atoms with Crippen molar-refractivity contribution in [3.63, 3.8) is 0 Å². The second-order valence-corrected chi connectivity index (χ2v) is 11.6. The number of benzene rings is 5. The van der Waals surface area contributed by atoms with Crippen LogP contribution in [0.25, 0.3) is 34.3 Å². The van der Waals surface area contributed by atoms with E-state index in [0.717, 1.165) is 28.2 Å². The van der Waals surface area contributed by atoms with Gasteiger partial charge in [0.15, 0.2) is 5.11 Å². The molecule has 1 aliphatic rings. The standard InChI is InChI=1S/C41H29N3O4S/c1-48-40(47)30-22-24-34(25-23-30)42-36(28-14-6-2-7-15-28)27-31(37(42)29-16-8-3-9-17-29)26-35-38(45)43(32-18-10-4-11-19-32)41(49)44(39(35)46)33-20-12-5-13-21-33/h2-27H,1H3. The summed E-state index contributed by atoms with van der Waals surface area (Å²) in [5, 5.41) is 0.0704. The molecule has 1 aliphatic heterocycles. The van der Waals surface area contributed by atoms with E-state index in [-0.39, 0.29) is 10.7 Å². The van der Waals surface area contributed by atoms with Crippen LogP contribution in [0.5, 0.6) is 0 Å². The molecule has 1 saturated heterocycles. The van der Waals surface area contributed by atoms with Gasteiger partial charge in [-0.1, -0.05) is 97.1 Å². The van der Waals surface area contributed by atoms with Gasteiger partial charge in [-0.2, -0.15) is 0 Å². The molecule has 0 unspecified atom stereocenters. The minimum atomic E-state index is -0.524. The number of nitrogens with zero attached hydrogens (tertiary/aromatic N) is 3. The van der Waals surface area contributed by atoms with Crippen molar-refractivity contribution in [2.75, 3.05) is 16.9 Å². The summed E-state index contributed by atoms with van der Waals surface area (Å²) in [5.41, 5.74) is 6.24. The number of thiocarbonyl (C=S) groups is 1. The highest BCUT2D eigenvalue weighted by molar-refractivity contribution is 7.81. The molecule has 7 nitrogen and oxygen atoms in total. The largest absolute Gasteiger partial charge is 0.465 e. The van der Waals surface area contributed by atoms with E-state index in [1.807, 2.05) is 115 Å². The van der Waals surface area contributed by atoms with Crippen LogP contribution >= 0.6 is 12.2 Å². The molecule has 1 fully saturated rings. The van der Waals surface area contributed by atoms with Crippen LogP contribution in [-0.2, 0) is 14.3 Å². The predicted octanol–water partition coefficient (Wildman–Crippen LogP) is 8.35. The van der Waals surface area contributed by atoms with Gasteiger partial charge in [0.2, 0.25) is 0 Å². The maximum absolute atomic E-state index is 14.4. The summed E-state index contributed by atoms with van der Waals surface area (Å²) < 4.78 is 7.00. The molecule has 0 radical (unpaired) electrons. The first-order valence-electron chi connectivity index (χ1n) is 15.6. The molecule has 8 heteroatoms. The first-order chi connectivity index (χ1) is 24.0. The number of anilines is 2. The molecule has 49 heavy (non-hydrogen) atoms. The Bertz CT molecular complexity index is 2150. The average molecular weight is 660 g/mol. The van der Waals surface area contributed by atoms with Gasteiger partial charge in [0.25, 0.3) is 11.8 Å². The smallest absolute Gasteiger partial charge is 0.337 e. The number of carbonyl (C=O) groups excluding carboxylic acids is 3. The second kappa shape index (κ2) is 13.4. The van der Waals surface area contributed by atoms with Gasteiger partial charge in [-0.15, -0.1) is 0 Å². The molecule has 0 saturated carbocycles. The second-order valence-electron chi connectivity index (χ2n) is 11.2. The van der Waals surface area contributed by atoms with Crippen molar-refractivity contribution < 1.29 is 19.1 Å². The maximum Gasteiger partial charge on any atom is 0.337 e. The Morgan fingerprint density at radius 3 is 1.57 bits per heavy atom. The maximum atomic E-state index is 14.4. The number of rotatable bonds is 7. The van der Waals surface area contributed by atoms with Crippen LogP contribution in [0.3, 0.4) is 0 Å². The van der Waals surface area contributed by atoms with Crippen LogP contribution in [0.4, 0.5) is 11.4 Å². The van der Waals surface area contributed by atoms with E-state index >= 15 is 0 Å². The van der Waals surface area contributed by atoms with E-state index in [4.69, 9.17) is 17.0 Å². The van der Waals surface area contributed by atoms with Crippen molar-refractivity contribution in [3.8, 4) is 28.2 Å². The monoisotopic (exact) mass is 659 g/mol. The Balaban J connectivity index is 1.49. The van der Waals surface area contributed by atoms with Gasteiger partial charge in [-0.3, -0.25) is 19.4 Å². The summed E-state index contributed by atoms with van der Waals surface area (Å²) >= 11 is 5.82. The summed E-state index contributed by atoms with van der Waals surface area (Å²) in [4.78, 5) is 43.9. The number of aromatic nitrogens is 1. The van der Waals surface area contributed by atoms with Crippen molar-refractivity contribution in [3.05, 3.63) is 168 Å². The number of hydrogen-bond donors (Lipinski definition) is 0. The lowest BCUT2D eigenvalue weighted by molar-refractivity contribution is -0.120. The molecule has 1 aromatic heterocycles. The molecule has 0 N–H and O–H groups in total. The lowest BCUT2D eigenvalue weighted by Crippen LogP contribution is -2.56. The van der Waals surface area contributed by atoms with Gasteiger partial charge in [0, 0.05) is 11.3 Å². The van der Waals surface area contributed by atoms with Gasteiger partial charge < -0.3 is 9.30 Å². The summed E-state index contributed by atoms with van der Waals surface area (Å²) in [5.74, 6) is -1.48. The number of amides is 2. The molecule has 7 rings (SSSR count). The Kier molecular flexibility index (Phi) is 8.53. The Hall–Kier alpha value is -6.38. The molecular weight excluding hydrogens is 631 g/mol. The summed E-state index contributed by atoms with van der Waals surface area (Å²) in [6.07, 6.45) is 1.66. The fourth-order valence-corrected chi connectivity index (χ4v) is 6.36. The van der Waals surface area contributed by atoms with E-state index in [2.05, 4.69) is 4.57 Å². The predicted molar refractivity (Wildman–Crippen MR) is 196 cm³/mol. The van der Waals surface area contributed by atoms with Crippen molar-refractivity contribution in [1.29, 1.82) is 0 Å². The number of ether oxygens (including phenoxy) is 1. The lowest BCUT2D eigenvalue weighted by atomic mass is 10.0. The average Bonchev–Trinajstić information content (AvgIpc) is 3.54. The molecular formula is C41H29N3O4S. The van der Waals surface area contributed by atoms with Gasteiger partial charge in [0.1, 0.15) is 5.57 Å². The molecule has 0 spiro atoms. The summed E-state index contributed by atoms with van der Waals surface area (Å²) in [6.45, 7) is 0. The topological polar surface area (TPSA) is 71.8 Å². The normalized spacial score (nSPS) is 13.1. The zero-order valence-corrected chi connectivity index (χ0v) is 27.2. The van der Waals surface area contributed by atoms with Crippen molar-refractivity contribution in [2.24, 2.45) is 0 Å². The minimum Gasteiger partial charge on any atom is -0.465 e. The Morgan fingerprint density at radius 1 is 0.612 bits per heavy atom. The van der Waals surface area contributed by atoms with Gasteiger partial charge in [-0.25, -0.2) is 4.79 Å². The number of hydrogen-bond acceptors (Lipinski definition) is 5. The fraction of sp³-hybridized carbons (Fsp3) is 0.0244. The minimum absolute atomic E-state index is 0.0451. The third-order valence-electron chi connectivity index (χ3n) is 8.27. The molecule has 238 valence electrons. The molecule has 2 heterocycles. The van der Waals surface area contributed by atoms with E-state index < -0.39 is 17.8 Å². The SMILES string of the molecule is COC(=O)c1ccc(-n2c(-c3ccccc3)cc(C=C3C(=O)N(c4ccccc4)C(=S)N(c4ccccc4)C3=O)c2-c2ccccc2)cc1. The van der Waals surface area contributed by atoms with Crippen molar-refractivity contribution in [2.45, 2.75) is 0 Å². The van der Waals surface area contributed by atoms with E-state index in [1.54, 1.807) is 42.5 Å². The van der Waals surface area contributed by atoms with Crippen LogP contribution in [0.15, 0.2) is 157 Å². The highest BCUT2D eigenvalue weighted by Gasteiger charge is 2.41. The summed E-state index contributed by atoms with van der Waals surface area (Å²) in [7, 11) is 1.35. The fourth-order valence-electron chi connectivity index (χ4n) is 5.98. The molecule has 0 atom stereocenters. The zero-order chi connectivity index (χ0) is 33.9. The Labute approximate surface area is 288 Å². The first kappa shape index (κ1) is 31.2. The molecule has 5 aromatic carbocycles. The quantitative estimate of drug-likeness (QED) is 0.0746. The summed E-state index contributed by atoms with van der Waals surface area (Å²) in [6, 6.07) is 46.9. The number of methoxy groups -OCH3 is 1. The molecule has 0 bridgehead atoms. The highest BCUT2D eigenvalue weighted by atomic mass is 32.1. The van der Waals surface area contributed by atoms with Crippen LogP contribution in [-0.4, -0.2) is 34.6 Å². The number of esters is 1. The van der Waals surface area contributed by atoms with Crippen LogP contribution < -0.4 is 9.80 Å². The lowest BCUT2D eigenvalue weighted by Gasteiger charge is -2.36. The highest BCUT2D eigenvalue weighted by Crippen LogP contribution is 2.38. The van der Waals surface area contributed by atoms with Crippen LogP contribution in [0.1, 0.15) is 15.9 Å². The van der Waals surface area contributed by atoms with Gasteiger partial charge in [-0.05, 0) is 84.0 Å². The third-order valence-corrected chi connectivity index (χ3v) is 8.64. The van der Waals surface area contributed by atoms with E-state index in [9.17, 15) is 14.4 Å². The van der Waals surface area contributed by atoms with Crippen LogP contribution in [0.2, 0.25) is 0 Å². The number of para-hydroxylation sites is 2. The third kappa shape index (κ3) is 5.86. The molecule has 0 aliphatic carbocycles. The van der Waals surface area contributed by atoms with E-state index in [0.29, 0.717) is 22.5 Å². The first-order valence-corrected chi connectivity index (χ1v) is 16.0.